The highest BCUT2D eigenvalue weighted by Gasteiger charge is 2.20. The Morgan fingerprint density at radius 3 is 2.65 bits per heavy atom. The van der Waals surface area contributed by atoms with Gasteiger partial charge in [0, 0.05) is 18.4 Å². The van der Waals surface area contributed by atoms with Gasteiger partial charge in [0.1, 0.15) is 11.8 Å². The van der Waals surface area contributed by atoms with Gasteiger partial charge in [-0.25, -0.2) is 0 Å². The molecule has 0 saturated heterocycles. The molecule has 0 aliphatic heterocycles. The van der Waals surface area contributed by atoms with Crippen molar-refractivity contribution in [3.05, 3.63) is 17.0 Å². The largest absolute Gasteiger partial charge is 0.481 e. The van der Waals surface area contributed by atoms with Crippen LogP contribution < -0.4 is 5.73 Å². The Hall–Kier alpha value is -1.89. The van der Waals surface area contributed by atoms with Gasteiger partial charge in [-0.3, -0.25) is 9.59 Å². The van der Waals surface area contributed by atoms with Gasteiger partial charge in [0.05, 0.1) is 12.1 Å². The topological polar surface area (TPSA) is 127 Å². The van der Waals surface area contributed by atoms with Crippen molar-refractivity contribution in [2.45, 2.75) is 32.2 Å². The summed E-state index contributed by atoms with van der Waals surface area (Å²) < 4.78 is 4.92. The molecule has 4 N–H and O–H groups in total. The predicted molar refractivity (Wildman–Crippen MR) is 56.5 cm³/mol. The molecule has 1 atom stereocenters. The predicted octanol–water partition coefficient (Wildman–Crippen LogP) is -0.0454. The first-order valence-electron chi connectivity index (χ1n) is 5.06. The maximum atomic E-state index is 10.6. The number of hydrogen-bond donors (Lipinski definition) is 3. The summed E-state index contributed by atoms with van der Waals surface area (Å²) in [5.74, 6) is -1.59. The van der Waals surface area contributed by atoms with Gasteiger partial charge in [-0.1, -0.05) is 5.16 Å². The molecule has 0 bridgehead atoms. The number of carboxylic acid groups (broad SMARTS) is 2. The maximum absolute atomic E-state index is 10.6. The average Bonchev–Trinajstić information content (AvgIpc) is 2.57. The third kappa shape index (κ3) is 3.56. The van der Waals surface area contributed by atoms with E-state index in [1.54, 1.807) is 6.92 Å². The summed E-state index contributed by atoms with van der Waals surface area (Å²) in [7, 11) is 0. The number of carboxylic acids is 2. The molecule has 94 valence electrons. The highest BCUT2D eigenvalue weighted by molar-refractivity contribution is 5.73. The minimum Gasteiger partial charge on any atom is -0.481 e. The van der Waals surface area contributed by atoms with E-state index in [1.807, 2.05) is 0 Å². The molecule has 0 aromatic carbocycles. The lowest BCUT2D eigenvalue weighted by molar-refractivity contribution is -0.139. The molecule has 0 radical (unpaired) electrons. The lowest BCUT2D eigenvalue weighted by Gasteiger charge is -2.06. The van der Waals surface area contributed by atoms with E-state index in [9.17, 15) is 9.59 Å². The standard InChI is InChI=1S/C10H14N2O5/c1-5-6(4-7(11)10(15)16)8(12-17-5)2-3-9(13)14/h7H,2-4,11H2,1H3,(H,13,14)(H,15,16). The van der Waals surface area contributed by atoms with Crippen LogP contribution in [0.4, 0.5) is 0 Å². The van der Waals surface area contributed by atoms with E-state index in [0.29, 0.717) is 17.0 Å². The first kappa shape index (κ1) is 13.2. The molecular weight excluding hydrogens is 228 g/mol. The molecule has 1 aromatic heterocycles. The Morgan fingerprint density at radius 2 is 2.12 bits per heavy atom. The molecule has 7 heteroatoms. The van der Waals surface area contributed by atoms with E-state index in [2.05, 4.69) is 5.16 Å². The number of carbonyl (C=O) groups is 2. The van der Waals surface area contributed by atoms with Crippen molar-refractivity contribution in [2.75, 3.05) is 0 Å². The van der Waals surface area contributed by atoms with E-state index in [4.69, 9.17) is 20.5 Å². The van der Waals surface area contributed by atoms with E-state index in [0.717, 1.165) is 0 Å². The van der Waals surface area contributed by atoms with Gasteiger partial charge < -0.3 is 20.5 Å². The smallest absolute Gasteiger partial charge is 0.320 e. The van der Waals surface area contributed by atoms with Gasteiger partial charge in [0.2, 0.25) is 0 Å². The normalized spacial score (nSPS) is 12.4. The number of aromatic nitrogens is 1. The van der Waals surface area contributed by atoms with Gasteiger partial charge in [-0.2, -0.15) is 0 Å². The number of aryl methyl sites for hydroxylation is 2. The molecule has 0 spiro atoms. The average molecular weight is 242 g/mol. The zero-order valence-corrected chi connectivity index (χ0v) is 9.34. The SMILES string of the molecule is Cc1onc(CCC(=O)O)c1CC(N)C(=O)O. The van der Waals surface area contributed by atoms with Crippen LogP contribution in [-0.2, 0) is 22.4 Å². The van der Waals surface area contributed by atoms with Crippen molar-refractivity contribution in [2.24, 2.45) is 5.73 Å². The van der Waals surface area contributed by atoms with Crippen molar-refractivity contribution in [3.63, 3.8) is 0 Å². The second-order valence-electron chi connectivity index (χ2n) is 3.71. The molecule has 1 rings (SSSR count). The van der Waals surface area contributed by atoms with Crippen molar-refractivity contribution < 1.29 is 24.3 Å². The number of nitrogens with zero attached hydrogens (tertiary/aromatic N) is 1. The lowest BCUT2D eigenvalue weighted by Crippen LogP contribution is -2.32. The summed E-state index contributed by atoms with van der Waals surface area (Å²) in [6.07, 6.45) is 0.204. The van der Waals surface area contributed by atoms with Gasteiger partial charge in [0.15, 0.2) is 0 Å². The zero-order valence-electron chi connectivity index (χ0n) is 9.34. The molecule has 17 heavy (non-hydrogen) atoms. The van der Waals surface area contributed by atoms with E-state index < -0.39 is 18.0 Å². The molecule has 1 aromatic rings. The van der Waals surface area contributed by atoms with Crippen LogP contribution in [0.1, 0.15) is 23.4 Å². The third-order valence-electron chi connectivity index (χ3n) is 2.38. The Balaban J connectivity index is 2.79. The van der Waals surface area contributed by atoms with Gasteiger partial charge in [-0.05, 0) is 6.92 Å². The van der Waals surface area contributed by atoms with Gasteiger partial charge in [-0.15, -0.1) is 0 Å². The fourth-order valence-electron chi connectivity index (χ4n) is 1.43. The fourth-order valence-corrected chi connectivity index (χ4v) is 1.43. The van der Waals surface area contributed by atoms with Crippen LogP contribution in [0.15, 0.2) is 4.52 Å². The van der Waals surface area contributed by atoms with Crippen LogP contribution in [-0.4, -0.2) is 33.4 Å². The quantitative estimate of drug-likeness (QED) is 0.638. The molecule has 0 aliphatic carbocycles. The maximum Gasteiger partial charge on any atom is 0.320 e. The second-order valence-corrected chi connectivity index (χ2v) is 3.71. The number of hydrogen-bond acceptors (Lipinski definition) is 5. The van der Waals surface area contributed by atoms with Crippen LogP contribution in [0.25, 0.3) is 0 Å². The van der Waals surface area contributed by atoms with Crippen LogP contribution in [0, 0.1) is 6.92 Å². The molecule has 0 amide bonds. The zero-order chi connectivity index (χ0) is 13.0. The second kappa shape index (κ2) is 5.44. The molecule has 1 heterocycles. The summed E-state index contributed by atoms with van der Waals surface area (Å²) in [5.41, 5.74) is 6.46. The summed E-state index contributed by atoms with van der Waals surface area (Å²) >= 11 is 0. The number of rotatable bonds is 6. The Bertz CT molecular complexity index is 426. The van der Waals surface area contributed by atoms with Gasteiger partial charge >= 0.3 is 11.9 Å². The summed E-state index contributed by atoms with van der Waals surface area (Å²) in [6.45, 7) is 1.64. The Kier molecular flexibility index (Phi) is 4.22. The van der Waals surface area contributed by atoms with Crippen molar-refractivity contribution >= 4 is 11.9 Å². The van der Waals surface area contributed by atoms with E-state index in [-0.39, 0.29) is 19.3 Å². The van der Waals surface area contributed by atoms with Crippen LogP contribution in [0.2, 0.25) is 0 Å². The first-order chi connectivity index (χ1) is 7.91. The molecule has 0 saturated carbocycles. The summed E-state index contributed by atoms with van der Waals surface area (Å²) in [4.78, 5) is 21.1. The monoisotopic (exact) mass is 242 g/mol. The van der Waals surface area contributed by atoms with Gasteiger partial charge in [0.25, 0.3) is 0 Å². The Labute approximate surface area is 97.2 Å². The summed E-state index contributed by atoms with van der Waals surface area (Å²) in [5, 5.41) is 21.0. The molecule has 0 aliphatic rings. The molecule has 0 fully saturated rings. The lowest BCUT2D eigenvalue weighted by atomic mass is 10.0. The first-order valence-corrected chi connectivity index (χ1v) is 5.06. The molecule has 7 nitrogen and oxygen atoms in total. The van der Waals surface area contributed by atoms with Crippen molar-refractivity contribution in [1.82, 2.24) is 5.16 Å². The fraction of sp³-hybridized carbons (Fsp3) is 0.500. The van der Waals surface area contributed by atoms with Crippen LogP contribution in [0.3, 0.4) is 0 Å². The van der Waals surface area contributed by atoms with Crippen molar-refractivity contribution in [1.29, 1.82) is 0 Å². The molecular formula is C10H14N2O5. The van der Waals surface area contributed by atoms with E-state index in [1.165, 1.54) is 0 Å². The minimum absolute atomic E-state index is 0.0821. The van der Waals surface area contributed by atoms with Crippen LogP contribution in [0.5, 0.6) is 0 Å². The number of nitrogens with two attached hydrogens (primary N) is 1. The van der Waals surface area contributed by atoms with E-state index >= 15 is 0 Å². The highest BCUT2D eigenvalue weighted by atomic mass is 16.5. The molecule has 1 unspecified atom stereocenters. The third-order valence-corrected chi connectivity index (χ3v) is 2.38. The highest BCUT2D eigenvalue weighted by Crippen LogP contribution is 2.16. The Morgan fingerprint density at radius 1 is 1.47 bits per heavy atom. The van der Waals surface area contributed by atoms with Crippen molar-refractivity contribution in [3.8, 4) is 0 Å². The number of aliphatic carboxylic acids is 2. The van der Waals surface area contributed by atoms with Crippen LogP contribution >= 0.6 is 0 Å². The summed E-state index contributed by atoms with van der Waals surface area (Å²) in [6, 6.07) is -1.04. The minimum atomic E-state index is -1.12.